The van der Waals surface area contributed by atoms with E-state index in [4.69, 9.17) is 16.7 Å². The lowest BCUT2D eigenvalue weighted by Gasteiger charge is -2.16. The molecule has 0 aliphatic rings. The van der Waals surface area contributed by atoms with Gasteiger partial charge in [-0.15, -0.1) is 0 Å². The molecule has 5 nitrogen and oxygen atoms in total. The normalized spacial score (nSPS) is 12.7. The van der Waals surface area contributed by atoms with E-state index >= 15 is 0 Å². The van der Waals surface area contributed by atoms with Crippen molar-refractivity contribution in [2.75, 3.05) is 13.2 Å². The monoisotopic (exact) mass is 315 g/mol. The van der Waals surface area contributed by atoms with Crippen LogP contribution in [0.5, 0.6) is 0 Å². The second kappa shape index (κ2) is 8.39. The molecule has 0 spiro atoms. The van der Waals surface area contributed by atoms with E-state index in [1.54, 1.807) is 7.05 Å². The standard InChI is InChI=1S/C15H26ClN3O2/c1-5-6-11(7-8-20)9-17-15(21)12-13(10(2)3)18-19(4)14(12)16/h10-11,20H,5-9H2,1-4H3,(H,17,21)/t11-/m0/s1. The highest BCUT2D eigenvalue weighted by Crippen LogP contribution is 2.25. The lowest BCUT2D eigenvalue weighted by Crippen LogP contribution is -2.30. The van der Waals surface area contributed by atoms with Gasteiger partial charge in [-0.25, -0.2) is 0 Å². The minimum absolute atomic E-state index is 0.133. The molecule has 1 atom stereocenters. The van der Waals surface area contributed by atoms with Crippen LogP contribution in [0.25, 0.3) is 0 Å². The van der Waals surface area contributed by atoms with Crippen molar-refractivity contribution in [3.63, 3.8) is 0 Å². The van der Waals surface area contributed by atoms with Crippen molar-refractivity contribution in [3.8, 4) is 0 Å². The van der Waals surface area contributed by atoms with E-state index in [9.17, 15) is 4.79 Å². The third-order valence-electron chi connectivity index (χ3n) is 3.56. The summed E-state index contributed by atoms with van der Waals surface area (Å²) >= 11 is 6.19. The minimum Gasteiger partial charge on any atom is -0.396 e. The summed E-state index contributed by atoms with van der Waals surface area (Å²) in [5, 5.41) is 16.7. The quantitative estimate of drug-likeness (QED) is 0.775. The van der Waals surface area contributed by atoms with Crippen LogP contribution in [-0.4, -0.2) is 33.9 Å². The van der Waals surface area contributed by atoms with Crippen LogP contribution in [0.3, 0.4) is 0 Å². The first kappa shape index (κ1) is 18.0. The third kappa shape index (κ3) is 4.71. The number of hydrogen-bond donors (Lipinski definition) is 2. The zero-order valence-corrected chi connectivity index (χ0v) is 14.1. The van der Waals surface area contributed by atoms with Gasteiger partial charge in [0.25, 0.3) is 5.91 Å². The van der Waals surface area contributed by atoms with Gasteiger partial charge >= 0.3 is 0 Å². The van der Waals surface area contributed by atoms with E-state index in [-0.39, 0.29) is 18.4 Å². The molecule has 0 saturated carbocycles. The summed E-state index contributed by atoms with van der Waals surface area (Å²) in [5.41, 5.74) is 1.18. The van der Waals surface area contributed by atoms with Crippen molar-refractivity contribution in [1.29, 1.82) is 0 Å². The Morgan fingerprint density at radius 2 is 2.10 bits per heavy atom. The maximum Gasteiger partial charge on any atom is 0.256 e. The first-order valence-corrected chi connectivity index (χ1v) is 7.91. The van der Waals surface area contributed by atoms with Crippen LogP contribution >= 0.6 is 11.6 Å². The van der Waals surface area contributed by atoms with Gasteiger partial charge in [-0.3, -0.25) is 9.48 Å². The maximum atomic E-state index is 12.4. The highest BCUT2D eigenvalue weighted by atomic mass is 35.5. The van der Waals surface area contributed by atoms with Crippen LogP contribution in [0.4, 0.5) is 0 Å². The number of carbonyl (C=O) groups is 1. The van der Waals surface area contributed by atoms with Crippen molar-refractivity contribution in [2.24, 2.45) is 13.0 Å². The van der Waals surface area contributed by atoms with Crippen molar-refractivity contribution >= 4 is 17.5 Å². The fourth-order valence-corrected chi connectivity index (χ4v) is 2.62. The summed E-state index contributed by atoms with van der Waals surface area (Å²) in [7, 11) is 1.73. The summed E-state index contributed by atoms with van der Waals surface area (Å²) in [4.78, 5) is 12.4. The predicted octanol–water partition coefficient (Wildman–Crippen LogP) is 2.73. The molecule has 1 amide bonds. The van der Waals surface area contributed by atoms with Gasteiger partial charge in [0.2, 0.25) is 0 Å². The Bertz CT molecular complexity index is 466. The molecule has 1 aromatic rings. The second-order valence-corrected chi connectivity index (χ2v) is 6.06. The number of halogens is 1. The molecule has 0 aliphatic heterocycles. The van der Waals surface area contributed by atoms with Gasteiger partial charge in [-0.2, -0.15) is 5.10 Å². The van der Waals surface area contributed by atoms with Crippen molar-refractivity contribution in [3.05, 3.63) is 16.4 Å². The van der Waals surface area contributed by atoms with Crippen LogP contribution in [0.1, 0.15) is 62.0 Å². The van der Waals surface area contributed by atoms with E-state index in [0.29, 0.717) is 35.3 Å². The van der Waals surface area contributed by atoms with Gasteiger partial charge < -0.3 is 10.4 Å². The molecule has 1 heterocycles. The highest BCUT2D eigenvalue weighted by Gasteiger charge is 2.23. The number of nitrogens with one attached hydrogen (secondary N) is 1. The van der Waals surface area contributed by atoms with Crippen LogP contribution in [0.15, 0.2) is 0 Å². The van der Waals surface area contributed by atoms with Crippen LogP contribution in [0, 0.1) is 5.92 Å². The number of aliphatic hydroxyl groups is 1. The number of aryl methyl sites for hydroxylation is 1. The molecule has 0 saturated heterocycles. The molecule has 21 heavy (non-hydrogen) atoms. The van der Waals surface area contributed by atoms with E-state index in [2.05, 4.69) is 17.3 Å². The average molecular weight is 316 g/mol. The number of nitrogens with zero attached hydrogens (tertiary/aromatic N) is 2. The zero-order chi connectivity index (χ0) is 16.0. The van der Waals surface area contributed by atoms with Crippen LogP contribution in [0.2, 0.25) is 5.15 Å². The largest absolute Gasteiger partial charge is 0.396 e. The topological polar surface area (TPSA) is 67.2 Å². The predicted molar refractivity (Wildman–Crippen MR) is 84.7 cm³/mol. The van der Waals surface area contributed by atoms with Gasteiger partial charge in [0, 0.05) is 20.2 Å². The smallest absolute Gasteiger partial charge is 0.256 e. The van der Waals surface area contributed by atoms with E-state index in [1.165, 1.54) is 4.68 Å². The van der Waals surface area contributed by atoms with Crippen LogP contribution in [-0.2, 0) is 7.05 Å². The number of hydrogen-bond acceptors (Lipinski definition) is 3. The second-order valence-electron chi connectivity index (χ2n) is 5.71. The number of rotatable bonds is 8. The lowest BCUT2D eigenvalue weighted by molar-refractivity contribution is 0.0941. The summed E-state index contributed by atoms with van der Waals surface area (Å²) in [5.74, 6) is 0.242. The highest BCUT2D eigenvalue weighted by molar-refractivity contribution is 6.33. The number of aromatic nitrogens is 2. The number of aliphatic hydroxyl groups excluding tert-OH is 1. The average Bonchev–Trinajstić information content (AvgIpc) is 2.73. The molecule has 0 aliphatic carbocycles. The van der Waals surface area contributed by atoms with E-state index in [1.807, 2.05) is 13.8 Å². The summed E-state index contributed by atoms with van der Waals surface area (Å²) in [6.07, 6.45) is 2.72. The molecule has 2 N–H and O–H groups in total. The first-order chi connectivity index (χ1) is 9.92. The molecule has 1 aromatic heterocycles. The van der Waals surface area contributed by atoms with Crippen LogP contribution < -0.4 is 5.32 Å². The molecule has 0 unspecified atom stereocenters. The molecular weight excluding hydrogens is 290 g/mol. The molecular formula is C15H26ClN3O2. The lowest BCUT2D eigenvalue weighted by atomic mass is 10.00. The van der Waals surface area contributed by atoms with Gasteiger partial charge in [0.15, 0.2) is 0 Å². The van der Waals surface area contributed by atoms with Gasteiger partial charge in [0.1, 0.15) is 5.15 Å². The van der Waals surface area contributed by atoms with E-state index < -0.39 is 0 Å². The first-order valence-electron chi connectivity index (χ1n) is 7.53. The number of amides is 1. The molecule has 0 radical (unpaired) electrons. The van der Waals surface area contributed by atoms with Crippen molar-refractivity contribution in [2.45, 2.75) is 46.0 Å². The Morgan fingerprint density at radius 1 is 1.43 bits per heavy atom. The summed E-state index contributed by atoms with van der Waals surface area (Å²) in [6.45, 7) is 6.77. The maximum absolute atomic E-state index is 12.4. The summed E-state index contributed by atoms with van der Waals surface area (Å²) in [6, 6.07) is 0. The third-order valence-corrected chi connectivity index (χ3v) is 4.00. The van der Waals surface area contributed by atoms with Crippen molar-refractivity contribution < 1.29 is 9.90 Å². The summed E-state index contributed by atoms with van der Waals surface area (Å²) < 4.78 is 1.53. The SMILES string of the molecule is CCC[C@@H](CCO)CNC(=O)c1c(C(C)C)nn(C)c1Cl. The van der Waals surface area contributed by atoms with Gasteiger partial charge in [-0.1, -0.05) is 38.8 Å². The van der Waals surface area contributed by atoms with Gasteiger partial charge in [0.05, 0.1) is 11.3 Å². The number of carbonyl (C=O) groups excluding carboxylic acids is 1. The molecule has 0 aromatic carbocycles. The van der Waals surface area contributed by atoms with E-state index in [0.717, 1.165) is 12.8 Å². The Balaban J connectivity index is 2.80. The molecule has 0 fully saturated rings. The molecule has 0 bridgehead atoms. The Kier molecular flexibility index (Phi) is 7.18. The minimum atomic E-state index is -0.184. The Labute approximate surface area is 131 Å². The molecule has 1 rings (SSSR count). The van der Waals surface area contributed by atoms with Crippen molar-refractivity contribution in [1.82, 2.24) is 15.1 Å². The molecule has 6 heteroatoms. The molecule has 120 valence electrons. The Morgan fingerprint density at radius 3 is 2.62 bits per heavy atom. The zero-order valence-electron chi connectivity index (χ0n) is 13.3. The fourth-order valence-electron chi connectivity index (χ4n) is 2.40. The fraction of sp³-hybridized carbons (Fsp3) is 0.733. The Hall–Kier alpha value is -1.07. The van der Waals surface area contributed by atoms with Gasteiger partial charge in [-0.05, 0) is 24.7 Å².